The molecule has 0 amide bonds. The van der Waals surface area contributed by atoms with Crippen molar-refractivity contribution < 1.29 is 62.0 Å². The Morgan fingerprint density at radius 3 is 2.40 bits per heavy atom. The molecule has 3 N–H and O–H groups in total. The minimum absolute atomic E-state index is 0. The Balaban J connectivity index is 0.00000320. The molecule has 0 saturated heterocycles. The van der Waals surface area contributed by atoms with Gasteiger partial charge in [-0.05, 0) is 55.3 Å². The third-order valence-corrected chi connectivity index (χ3v) is 7.60. The number of allylic oxidation sites excluding steroid dienone is 2. The van der Waals surface area contributed by atoms with Crippen molar-refractivity contribution in [2.45, 2.75) is 59.8 Å². The van der Waals surface area contributed by atoms with E-state index in [0.717, 1.165) is 37.3 Å². The Hall–Kier alpha value is -0.930. The predicted molar refractivity (Wildman–Crippen MR) is 107 cm³/mol. The molecule has 1 aromatic rings. The average molecular weight is 449 g/mol. The largest absolute Gasteiger partial charge is 1.00 e. The van der Waals surface area contributed by atoms with Gasteiger partial charge in [0.15, 0.2) is 23.0 Å². The number of hydrogen-bond acceptors (Lipinski definition) is 7. The first kappa shape index (κ1) is 25.3. The first-order valence-corrected chi connectivity index (χ1v) is 11.2. The first-order valence-electron chi connectivity index (χ1n) is 9.85. The number of fused-ring (bicyclic) bond motifs is 1. The van der Waals surface area contributed by atoms with Crippen LogP contribution in [-0.4, -0.2) is 28.3 Å². The molecule has 1 aromatic carbocycles. The molecule has 30 heavy (non-hydrogen) atoms. The van der Waals surface area contributed by atoms with Gasteiger partial charge in [0.05, 0.1) is 0 Å². The number of phenols is 3. The summed E-state index contributed by atoms with van der Waals surface area (Å²) in [5.41, 5.74) is 1.17. The summed E-state index contributed by atoms with van der Waals surface area (Å²) < 4.78 is 37.2. The van der Waals surface area contributed by atoms with Gasteiger partial charge in [-0.1, -0.05) is 38.8 Å². The first-order chi connectivity index (χ1) is 13.3. The van der Waals surface area contributed by atoms with Crippen molar-refractivity contribution in [3.63, 3.8) is 0 Å². The van der Waals surface area contributed by atoms with Gasteiger partial charge in [0.1, 0.15) is 0 Å². The second kappa shape index (κ2) is 8.54. The Labute approximate surface area is 200 Å². The minimum atomic E-state index is -5.15. The number of aromatic hydroxyl groups is 3. The summed E-state index contributed by atoms with van der Waals surface area (Å²) in [7, 11) is -5.15. The van der Waals surface area contributed by atoms with Crippen LogP contribution in [0.2, 0.25) is 0 Å². The summed E-state index contributed by atoms with van der Waals surface area (Å²) in [6.07, 6.45) is 6.55. The molecule has 2 unspecified atom stereocenters. The van der Waals surface area contributed by atoms with E-state index in [1.807, 2.05) is 6.92 Å². The maximum Gasteiger partial charge on any atom is 1.00 e. The zero-order valence-corrected chi connectivity index (χ0v) is 21.0. The zero-order chi connectivity index (χ0) is 21.8. The molecule has 1 fully saturated rings. The van der Waals surface area contributed by atoms with Crippen LogP contribution in [0, 0.1) is 22.7 Å². The summed E-state index contributed by atoms with van der Waals surface area (Å²) in [6.45, 7) is 8.80. The van der Waals surface area contributed by atoms with Gasteiger partial charge in [0.2, 0.25) is 0 Å². The smallest absolute Gasteiger partial charge is 0.716 e. The molecule has 9 heteroatoms. The fraction of sp³-hybridized carbons (Fsp3) is 0.619. The van der Waals surface area contributed by atoms with Crippen LogP contribution in [0.4, 0.5) is 0 Å². The predicted octanol–water partition coefficient (Wildman–Crippen LogP) is 0.988. The zero-order valence-electron chi connectivity index (χ0n) is 18.2. The van der Waals surface area contributed by atoms with Crippen molar-refractivity contribution in [1.82, 2.24) is 0 Å². The van der Waals surface area contributed by atoms with Crippen LogP contribution in [0.5, 0.6) is 23.0 Å². The maximum absolute atomic E-state index is 11.0. The van der Waals surface area contributed by atoms with Gasteiger partial charge < -0.3 is 24.1 Å². The van der Waals surface area contributed by atoms with Crippen LogP contribution in [0.3, 0.4) is 0 Å². The normalized spacial score (nSPS) is 28.1. The van der Waals surface area contributed by atoms with E-state index in [1.165, 1.54) is 0 Å². The van der Waals surface area contributed by atoms with E-state index in [4.69, 9.17) is 0 Å². The summed E-state index contributed by atoms with van der Waals surface area (Å²) >= 11 is 0. The molecule has 2 aliphatic carbocycles. The molecular weight excluding hydrogens is 419 g/mol. The number of hydrogen-bond donors (Lipinski definition) is 3. The molecule has 0 aliphatic heterocycles. The molecule has 0 radical (unpaired) electrons. The van der Waals surface area contributed by atoms with Crippen molar-refractivity contribution in [1.29, 1.82) is 0 Å². The Morgan fingerprint density at radius 1 is 1.17 bits per heavy atom. The average Bonchev–Trinajstić information content (AvgIpc) is 2.56. The fourth-order valence-electron chi connectivity index (χ4n) is 5.78. The molecule has 2 aliphatic rings. The standard InChI is InChI=1S/C21H30O7S.Na/c1-12-6-7-17-20(2,3)8-5-9-21(17,4)14(12)10-13-18(23)15(22)11-16(19(13)24)28-29(25,26)27;/h6,11,14,17,22-24H,5,7-10H2,1-4H3,(H,25,26,27);/q;+1/p-1/t14?,17?,21-;/m1./s1. The SMILES string of the molecule is CC1=CCC2C(C)(C)CCC[C@]2(C)C1Cc1c(O)c(O)cc(OS(=O)(=O)[O-])c1O.[Na+]. The van der Waals surface area contributed by atoms with Crippen molar-refractivity contribution in [3.8, 4) is 23.0 Å². The van der Waals surface area contributed by atoms with Crippen molar-refractivity contribution in [3.05, 3.63) is 23.3 Å². The summed E-state index contributed by atoms with van der Waals surface area (Å²) in [5, 5.41) is 31.0. The molecule has 3 rings (SSSR count). The molecule has 3 atom stereocenters. The van der Waals surface area contributed by atoms with E-state index in [2.05, 4.69) is 31.0 Å². The number of benzene rings is 1. The van der Waals surface area contributed by atoms with Gasteiger partial charge in [0.25, 0.3) is 10.4 Å². The third kappa shape index (κ3) is 4.63. The summed E-state index contributed by atoms with van der Waals surface area (Å²) in [4.78, 5) is 0. The minimum Gasteiger partial charge on any atom is -0.716 e. The van der Waals surface area contributed by atoms with Gasteiger partial charge in [-0.3, -0.25) is 0 Å². The van der Waals surface area contributed by atoms with Crippen LogP contribution >= 0.6 is 0 Å². The summed E-state index contributed by atoms with van der Waals surface area (Å²) in [6, 6.07) is 0.724. The molecular formula is C21H29NaO7S. The van der Waals surface area contributed by atoms with Crippen LogP contribution in [0.25, 0.3) is 0 Å². The van der Waals surface area contributed by atoms with Crippen molar-refractivity contribution in [2.75, 3.05) is 0 Å². The quantitative estimate of drug-likeness (QED) is 0.157. The maximum atomic E-state index is 11.0. The van der Waals surface area contributed by atoms with E-state index in [0.29, 0.717) is 5.92 Å². The van der Waals surface area contributed by atoms with Gasteiger partial charge in [-0.15, -0.1) is 0 Å². The van der Waals surface area contributed by atoms with Gasteiger partial charge in [-0.2, -0.15) is 0 Å². The Bertz CT molecular complexity index is 955. The van der Waals surface area contributed by atoms with E-state index < -0.39 is 33.4 Å². The Kier molecular flexibility index (Phi) is 7.21. The molecule has 0 heterocycles. The van der Waals surface area contributed by atoms with E-state index in [9.17, 15) is 28.3 Å². The van der Waals surface area contributed by atoms with Crippen LogP contribution in [0.1, 0.15) is 58.9 Å². The molecule has 0 aromatic heterocycles. The van der Waals surface area contributed by atoms with E-state index in [1.54, 1.807) is 0 Å². The molecule has 162 valence electrons. The fourth-order valence-corrected chi connectivity index (χ4v) is 6.13. The molecule has 1 saturated carbocycles. The van der Waals surface area contributed by atoms with Crippen LogP contribution in [0.15, 0.2) is 17.7 Å². The third-order valence-electron chi connectivity index (χ3n) is 7.21. The molecule has 7 nitrogen and oxygen atoms in total. The van der Waals surface area contributed by atoms with Crippen molar-refractivity contribution in [2.24, 2.45) is 22.7 Å². The number of rotatable bonds is 4. The summed E-state index contributed by atoms with van der Waals surface area (Å²) in [5.74, 6) is -2.14. The van der Waals surface area contributed by atoms with Crippen LogP contribution < -0.4 is 33.7 Å². The van der Waals surface area contributed by atoms with E-state index in [-0.39, 0.29) is 58.3 Å². The van der Waals surface area contributed by atoms with Gasteiger partial charge in [-0.25, -0.2) is 8.42 Å². The van der Waals surface area contributed by atoms with Crippen molar-refractivity contribution >= 4 is 10.4 Å². The van der Waals surface area contributed by atoms with Gasteiger partial charge in [0, 0.05) is 11.6 Å². The number of phenolic OH excluding ortho intramolecular Hbond substituents is 3. The van der Waals surface area contributed by atoms with E-state index >= 15 is 0 Å². The second-order valence-electron chi connectivity index (χ2n) is 9.40. The molecule has 0 spiro atoms. The second-order valence-corrected chi connectivity index (χ2v) is 10.4. The Morgan fingerprint density at radius 2 is 1.80 bits per heavy atom. The van der Waals surface area contributed by atoms with Gasteiger partial charge >= 0.3 is 29.6 Å². The molecule has 0 bridgehead atoms. The monoisotopic (exact) mass is 448 g/mol. The van der Waals surface area contributed by atoms with Crippen LogP contribution in [-0.2, 0) is 16.8 Å². The topological polar surface area (TPSA) is 127 Å².